The van der Waals surface area contributed by atoms with E-state index in [0.29, 0.717) is 0 Å². The van der Waals surface area contributed by atoms with E-state index in [1.54, 1.807) is 0 Å². The Morgan fingerprint density at radius 2 is 1.92 bits per heavy atom. The number of rotatable bonds is 5. The number of allylic oxidation sites excluding steroid dienone is 2. The second-order valence-electron chi connectivity index (χ2n) is 3.98. The molecule has 0 amide bonds. The minimum Gasteiger partial charge on any atom is -0.290 e. The Morgan fingerprint density at radius 3 is 2.38 bits per heavy atom. The van der Waals surface area contributed by atoms with Crippen LogP contribution in [0, 0.1) is 5.92 Å². The van der Waals surface area contributed by atoms with E-state index in [1.165, 1.54) is 11.3 Å². The lowest BCUT2D eigenvalue weighted by Gasteiger charge is -2.03. The molecule has 0 N–H and O–H groups in total. The molecule has 13 heavy (non-hydrogen) atoms. The second-order valence-corrected chi connectivity index (χ2v) is 3.98. The van der Waals surface area contributed by atoms with Crippen molar-refractivity contribution in [3.63, 3.8) is 0 Å². The molecule has 0 radical (unpaired) electrons. The van der Waals surface area contributed by atoms with Gasteiger partial charge in [-0.3, -0.25) is 4.99 Å². The van der Waals surface area contributed by atoms with E-state index in [4.69, 9.17) is 0 Å². The molecule has 76 valence electrons. The van der Waals surface area contributed by atoms with E-state index in [1.807, 2.05) is 0 Å². The zero-order valence-electron chi connectivity index (χ0n) is 9.72. The topological polar surface area (TPSA) is 12.4 Å². The molecule has 0 saturated heterocycles. The maximum atomic E-state index is 4.47. The van der Waals surface area contributed by atoms with Crippen molar-refractivity contribution in [1.82, 2.24) is 0 Å². The minimum absolute atomic E-state index is 0.744. The molecule has 0 spiro atoms. The molecule has 0 aliphatic carbocycles. The van der Waals surface area contributed by atoms with Gasteiger partial charge in [0.2, 0.25) is 0 Å². The molecule has 0 aromatic carbocycles. The van der Waals surface area contributed by atoms with Crippen molar-refractivity contribution in [1.29, 1.82) is 0 Å². The fraction of sp³-hybridized carbons (Fsp3) is 0.750. The number of nitrogens with zero attached hydrogens (tertiary/aromatic N) is 1. The van der Waals surface area contributed by atoms with E-state index in [9.17, 15) is 0 Å². The largest absolute Gasteiger partial charge is 0.290 e. The van der Waals surface area contributed by atoms with Crippen LogP contribution in [0.2, 0.25) is 0 Å². The number of aliphatic imine (C=N–C) groups is 1. The summed E-state index contributed by atoms with van der Waals surface area (Å²) in [5.74, 6) is 0.744. The van der Waals surface area contributed by atoms with Crippen LogP contribution in [0.3, 0.4) is 0 Å². The van der Waals surface area contributed by atoms with Gasteiger partial charge < -0.3 is 0 Å². The summed E-state index contributed by atoms with van der Waals surface area (Å²) in [6, 6.07) is 0. The quantitative estimate of drug-likeness (QED) is 0.571. The fourth-order valence-electron chi connectivity index (χ4n) is 0.964. The van der Waals surface area contributed by atoms with E-state index < -0.39 is 0 Å². The summed E-state index contributed by atoms with van der Waals surface area (Å²) in [5.41, 5.74) is 2.53. The van der Waals surface area contributed by atoms with Gasteiger partial charge in [-0.1, -0.05) is 26.8 Å². The number of hydrogen-bond donors (Lipinski definition) is 0. The maximum absolute atomic E-state index is 4.47. The Hall–Kier alpha value is -0.590. The highest BCUT2D eigenvalue weighted by molar-refractivity contribution is 5.97. The van der Waals surface area contributed by atoms with Crippen molar-refractivity contribution in [3.05, 3.63) is 11.6 Å². The first-order valence-corrected chi connectivity index (χ1v) is 5.26. The first kappa shape index (κ1) is 12.4. The van der Waals surface area contributed by atoms with Crippen LogP contribution in [0.1, 0.15) is 47.5 Å². The summed E-state index contributed by atoms with van der Waals surface area (Å²) in [4.78, 5) is 4.47. The average molecular weight is 181 g/mol. The molecule has 0 aromatic rings. The third-order valence-corrected chi connectivity index (χ3v) is 2.04. The molecular formula is C12H23N. The third-order valence-electron chi connectivity index (χ3n) is 2.04. The summed E-state index contributed by atoms with van der Waals surface area (Å²) in [6.45, 7) is 11.8. The summed E-state index contributed by atoms with van der Waals surface area (Å²) >= 11 is 0. The molecule has 0 aliphatic rings. The lowest BCUT2D eigenvalue weighted by Crippen LogP contribution is -1.96. The molecule has 1 heteroatoms. The smallest absolute Gasteiger partial charge is 0.0389 e. The zero-order valence-corrected chi connectivity index (χ0v) is 9.72. The van der Waals surface area contributed by atoms with Crippen LogP contribution in [0.25, 0.3) is 0 Å². The Kier molecular flexibility index (Phi) is 6.56. The summed E-state index contributed by atoms with van der Waals surface area (Å²) in [6.07, 6.45) is 4.58. The monoisotopic (exact) mass is 181 g/mol. The normalized spacial score (nSPS) is 14.0. The van der Waals surface area contributed by atoms with Gasteiger partial charge in [-0.2, -0.15) is 0 Å². The van der Waals surface area contributed by atoms with Crippen molar-refractivity contribution in [2.75, 3.05) is 6.54 Å². The van der Waals surface area contributed by atoms with Gasteiger partial charge in [-0.15, -0.1) is 0 Å². The van der Waals surface area contributed by atoms with E-state index in [-0.39, 0.29) is 0 Å². The molecule has 0 aromatic heterocycles. The molecule has 0 rings (SSSR count). The molecule has 0 atom stereocenters. The van der Waals surface area contributed by atoms with Crippen molar-refractivity contribution in [3.8, 4) is 0 Å². The van der Waals surface area contributed by atoms with Gasteiger partial charge in [0.15, 0.2) is 0 Å². The van der Waals surface area contributed by atoms with Crippen molar-refractivity contribution < 1.29 is 0 Å². The van der Waals surface area contributed by atoms with Gasteiger partial charge in [0, 0.05) is 12.3 Å². The highest BCUT2D eigenvalue weighted by atomic mass is 14.7. The maximum Gasteiger partial charge on any atom is 0.0389 e. The first-order valence-electron chi connectivity index (χ1n) is 5.26. The molecule has 0 unspecified atom stereocenters. The van der Waals surface area contributed by atoms with E-state index in [2.05, 4.69) is 45.7 Å². The van der Waals surface area contributed by atoms with Crippen LogP contribution in [0.15, 0.2) is 16.6 Å². The van der Waals surface area contributed by atoms with Gasteiger partial charge in [-0.25, -0.2) is 0 Å². The van der Waals surface area contributed by atoms with Gasteiger partial charge in [0.05, 0.1) is 0 Å². The standard InChI is InChI=1S/C12H23N/c1-6-9-13-12(5)11(4)8-7-10(2)3/h8,10H,6-7,9H2,1-5H3/b11-8+,13-12?. The summed E-state index contributed by atoms with van der Waals surface area (Å²) in [5, 5.41) is 0. The first-order chi connectivity index (χ1) is 6.07. The van der Waals surface area contributed by atoms with Crippen LogP contribution in [0.5, 0.6) is 0 Å². The highest BCUT2D eigenvalue weighted by Crippen LogP contribution is 2.05. The SMILES string of the molecule is CCCN=C(C)/C(C)=C/CC(C)C. The van der Waals surface area contributed by atoms with Gasteiger partial charge in [0.1, 0.15) is 0 Å². The predicted molar refractivity (Wildman–Crippen MR) is 61.5 cm³/mol. The Balaban J connectivity index is 4.07. The Bertz CT molecular complexity index is 187. The molecule has 0 aliphatic heterocycles. The predicted octanol–water partition coefficient (Wildman–Crippen LogP) is 3.85. The summed E-state index contributed by atoms with van der Waals surface area (Å²) < 4.78 is 0. The Labute approximate surface area is 83.0 Å². The third kappa shape index (κ3) is 6.56. The summed E-state index contributed by atoms with van der Waals surface area (Å²) in [7, 11) is 0. The lowest BCUT2D eigenvalue weighted by atomic mass is 10.1. The molecular weight excluding hydrogens is 158 g/mol. The van der Waals surface area contributed by atoms with E-state index >= 15 is 0 Å². The van der Waals surface area contributed by atoms with Crippen LogP contribution in [0.4, 0.5) is 0 Å². The molecule has 0 heterocycles. The van der Waals surface area contributed by atoms with Gasteiger partial charge in [0.25, 0.3) is 0 Å². The Morgan fingerprint density at radius 1 is 1.31 bits per heavy atom. The van der Waals surface area contributed by atoms with Crippen LogP contribution in [-0.2, 0) is 0 Å². The molecule has 0 saturated carbocycles. The fourth-order valence-corrected chi connectivity index (χ4v) is 0.964. The van der Waals surface area contributed by atoms with Crippen LogP contribution in [-0.4, -0.2) is 12.3 Å². The molecule has 1 nitrogen and oxygen atoms in total. The van der Waals surface area contributed by atoms with Crippen LogP contribution < -0.4 is 0 Å². The van der Waals surface area contributed by atoms with Gasteiger partial charge in [-0.05, 0) is 38.2 Å². The van der Waals surface area contributed by atoms with Crippen molar-refractivity contribution in [2.24, 2.45) is 10.9 Å². The number of hydrogen-bond acceptors (Lipinski definition) is 1. The highest BCUT2D eigenvalue weighted by Gasteiger charge is 1.95. The van der Waals surface area contributed by atoms with Crippen LogP contribution >= 0.6 is 0 Å². The minimum atomic E-state index is 0.744. The van der Waals surface area contributed by atoms with Crippen molar-refractivity contribution in [2.45, 2.75) is 47.5 Å². The average Bonchev–Trinajstić information content (AvgIpc) is 2.10. The molecule has 0 bridgehead atoms. The van der Waals surface area contributed by atoms with E-state index in [0.717, 1.165) is 25.3 Å². The molecule has 0 fully saturated rings. The second kappa shape index (κ2) is 6.88. The van der Waals surface area contributed by atoms with Gasteiger partial charge >= 0.3 is 0 Å². The zero-order chi connectivity index (χ0) is 10.3. The lowest BCUT2D eigenvalue weighted by molar-refractivity contribution is 0.662. The van der Waals surface area contributed by atoms with Crippen molar-refractivity contribution >= 4 is 5.71 Å².